The van der Waals surface area contributed by atoms with Crippen molar-refractivity contribution in [2.45, 2.75) is 37.6 Å². The number of rotatable bonds is 9. The molecule has 0 spiro atoms. The lowest BCUT2D eigenvalue weighted by molar-refractivity contribution is -0.118. The molecule has 1 saturated heterocycles. The molecule has 1 fully saturated rings. The fourth-order valence-corrected chi connectivity index (χ4v) is 4.67. The first kappa shape index (κ1) is 21.7. The van der Waals surface area contributed by atoms with Gasteiger partial charge in [0.1, 0.15) is 6.26 Å². The Morgan fingerprint density at radius 3 is 2.68 bits per heavy atom. The van der Waals surface area contributed by atoms with E-state index < -0.39 is 0 Å². The van der Waals surface area contributed by atoms with Crippen molar-refractivity contribution in [1.82, 2.24) is 15.2 Å². The van der Waals surface area contributed by atoms with Crippen LogP contribution in [0.5, 0.6) is 0 Å². The highest BCUT2D eigenvalue weighted by molar-refractivity contribution is 7.99. The van der Waals surface area contributed by atoms with Crippen LogP contribution in [0.25, 0.3) is 11.5 Å². The summed E-state index contributed by atoms with van der Waals surface area (Å²) in [6, 6.07) is 20.8. The predicted octanol–water partition coefficient (Wildman–Crippen LogP) is 4.75. The zero-order valence-electron chi connectivity index (χ0n) is 17.7. The summed E-state index contributed by atoms with van der Waals surface area (Å²) in [4.78, 5) is 19.4. The molecule has 1 aliphatic rings. The molecule has 2 heterocycles. The van der Waals surface area contributed by atoms with Gasteiger partial charge < -0.3 is 9.73 Å². The summed E-state index contributed by atoms with van der Waals surface area (Å²) in [5.41, 5.74) is 3.15. The normalized spacial score (nSPS) is 16.8. The molecule has 1 unspecified atom stereocenters. The van der Waals surface area contributed by atoms with Gasteiger partial charge in [0.25, 0.3) is 0 Å². The van der Waals surface area contributed by atoms with E-state index in [1.807, 2.05) is 30.3 Å². The minimum atomic E-state index is 0.0852. The zero-order chi connectivity index (χ0) is 21.3. The maximum Gasteiger partial charge on any atom is 0.230 e. The monoisotopic (exact) mass is 435 g/mol. The van der Waals surface area contributed by atoms with Crippen molar-refractivity contribution in [3.63, 3.8) is 0 Å². The van der Waals surface area contributed by atoms with Gasteiger partial charge in [-0.2, -0.15) is 0 Å². The Morgan fingerprint density at radius 2 is 1.87 bits per heavy atom. The minimum absolute atomic E-state index is 0.0852. The Hall–Kier alpha value is -2.57. The lowest BCUT2D eigenvalue weighted by Gasteiger charge is -2.35. The van der Waals surface area contributed by atoms with Crippen LogP contribution in [-0.2, 0) is 17.1 Å². The van der Waals surface area contributed by atoms with Crippen molar-refractivity contribution in [2.24, 2.45) is 0 Å². The number of carbonyl (C=O) groups is 1. The highest BCUT2D eigenvalue weighted by Crippen LogP contribution is 2.21. The van der Waals surface area contributed by atoms with Crippen LogP contribution in [0.2, 0.25) is 0 Å². The molecule has 0 bridgehead atoms. The van der Waals surface area contributed by atoms with Crippen LogP contribution in [-0.4, -0.2) is 40.7 Å². The second-order valence-corrected chi connectivity index (χ2v) is 8.90. The Bertz CT molecular complexity index is 946. The number of oxazole rings is 1. The van der Waals surface area contributed by atoms with E-state index in [-0.39, 0.29) is 5.91 Å². The molecule has 3 aromatic rings. The molecular weight excluding hydrogens is 406 g/mol. The van der Waals surface area contributed by atoms with Crippen LogP contribution in [0.1, 0.15) is 30.5 Å². The molecule has 1 N–H and O–H groups in total. The number of amides is 1. The second-order valence-electron chi connectivity index (χ2n) is 7.91. The molecule has 0 aliphatic carbocycles. The third-order valence-corrected chi connectivity index (χ3v) is 6.53. The van der Waals surface area contributed by atoms with Crippen molar-refractivity contribution in [2.75, 3.05) is 18.8 Å². The Morgan fingerprint density at radius 1 is 1.10 bits per heavy atom. The largest absolute Gasteiger partial charge is 0.444 e. The van der Waals surface area contributed by atoms with Crippen molar-refractivity contribution in [3.8, 4) is 11.5 Å². The van der Waals surface area contributed by atoms with Gasteiger partial charge in [0.2, 0.25) is 11.8 Å². The molecule has 0 radical (unpaired) electrons. The number of benzene rings is 2. The number of aromatic nitrogens is 1. The lowest BCUT2D eigenvalue weighted by atomic mass is 10.0. The van der Waals surface area contributed by atoms with Gasteiger partial charge in [-0.15, -0.1) is 11.8 Å². The summed E-state index contributed by atoms with van der Waals surface area (Å²) in [6.45, 7) is 2.76. The van der Waals surface area contributed by atoms with E-state index in [0.29, 0.717) is 30.0 Å². The number of nitrogens with zero attached hydrogens (tertiary/aromatic N) is 2. The number of piperidine rings is 1. The topological polar surface area (TPSA) is 58.4 Å². The van der Waals surface area contributed by atoms with E-state index in [9.17, 15) is 4.79 Å². The summed E-state index contributed by atoms with van der Waals surface area (Å²) in [7, 11) is 0. The van der Waals surface area contributed by atoms with Crippen molar-refractivity contribution in [3.05, 3.63) is 78.2 Å². The summed E-state index contributed by atoms with van der Waals surface area (Å²) in [6.07, 6.45) is 5.28. The van der Waals surface area contributed by atoms with Crippen LogP contribution >= 0.6 is 11.8 Å². The van der Waals surface area contributed by atoms with Gasteiger partial charge in [-0.1, -0.05) is 55.0 Å². The van der Waals surface area contributed by atoms with Crippen LogP contribution in [0, 0.1) is 0 Å². The maximum atomic E-state index is 12.4. The van der Waals surface area contributed by atoms with E-state index >= 15 is 0 Å². The fourth-order valence-electron chi connectivity index (χ4n) is 3.93. The second kappa shape index (κ2) is 11.2. The third-order valence-electron chi connectivity index (χ3n) is 5.57. The molecule has 162 valence electrons. The highest BCUT2D eigenvalue weighted by atomic mass is 32.2. The first-order valence-corrected chi connectivity index (χ1v) is 12.1. The van der Waals surface area contributed by atoms with Gasteiger partial charge in [-0.3, -0.25) is 9.69 Å². The molecule has 1 aromatic heterocycles. The first-order valence-electron chi connectivity index (χ1n) is 10.9. The minimum Gasteiger partial charge on any atom is -0.444 e. The van der Waals surface area contributed by atoms with E-state index in [1.165, 1.54) is 18.4 Å². The smallest absolute Gasteiger partial charge is 0.230 e. The highest BCUT2D eigenvalue weighted by Gasteiger charge is 2.22. The summed E-state index contributed by atoms with van der Waals surface area (Å²) in [5, 5.41) is 3.14. The molecule has 31 heavy (non-hydrogen) atoms. The Labute approximate surface area is 188 Å². The predicted molar refractivity (Wildman–Crippen MR) is 126 cm³/mol. The number of nitrogens with one attached hydrogen (secondary N) is 1. The van der Waals surface area contributed by atoms with Crippen molar-refractivity contribution >= 4 is 17.7 Å². The van der Waals surface area contributed by atoms with Gasteiger partial charge >= 0.3 is 0 Å². The van der Waals surface area contributed by atoms with Gasteiger partial charge in [-0.25, -0.2) is 4.98 Å². The SMILES string of the molecule is O=C(CSCc1coc(-c2ccccc2)n1)NCC1CCCCN1Cc1ccccc1. The molecule has 2 aromatic carbocycles. The maximum absolute atomic E-state index is 12.4. The van der Waals surface area contributed by atoms with Crippen LogP contribution in [0.4, 0.5) is 0 Å². The van der Waals surface area contributed by atoms with Gasteiger partial charge in [0, 0.05) is 30.4 Å². The standard InChI is InChI=1S/C25H29N3O2S/c29-24(19-31-18-22-17-30-25(27-22)21-11-5-2-6-12-21)26-15-23-13-7-8-14-28(23)16-20-9-3-1-4-10-20/h1-6,9-12,17,23H,7-8,13-16,18-19H2,(H,26,29). The third kappa shape index (κ3) is 6.45. The van der Waals surface area contributed by atoms with E-state index in [0.717, 1.165) is 30.8 Å². The molecule has 4 rings (SSSR count). The van der Waals surface area contributed by atoms with E-state index in [1.54, 1.807) is 18.0 Å². The lowest BCUT2D eigenvalue weighted by Crippen LogP contribution is -2.46. The molecule has 0 saturated carbocycles. The van der Waals surface area contributed by atoms with Crippen molar-refractivity contribution < 1.29 is 9.21 Å². The molecule has 1 amide bonds. The molecule has 1 aliphatic heterocycles. The Balaban J connectivity index is 1.19. The van der Waals surface area contributed by atoms with Gasteiger partial charge in [-0.05, 0) is 37.1 Å². The van der Waals surface area contributed by atoms with E-state index in [2.05, 4.69) is 45.5 Å². The van der Waals surface area contributed by atoms with Crippen LogP contribution in [0.15, 0.2) is 71.3 Å². The average Bonchev–Trinajstić information content (AvgIpc) is 3.29. The number of thioether (sulfide) groups is 1. The quantitative estimate of drug-likeness (QED) is 0.526. The molecule has 1 atom stereocenters. The molecular formula is C25H29N3O2S. The zero-order valence-corrected chi connectivity index (χ0v) is 18.5. The summed E-state index contributed by atoms with van der Waals surface area (Å²) < 4.78 is 5.57. The van der Waals surface area contributed by atoms with E-state index in [4.69, 9.17) is 4.42 Å². The molecule has 5 nitrogen and oxygen atoms in total. The number of hydrogen-bond acceptors (Lipinski definition) is 5. The first-order chi connectivity index (χ1) is 15.3. The van der Waals surface area contributed by atoms with Crippen molar-refractivity contribution in [1.29, 1.82) is 0 Å². The number of likely N-dealkylation sites (tertiary alicyclic amines) is 1. The van der Waals surface area contributed by atoms with Gasteiger partial charge in [0.15, 0.2) is 0 Å². The summed E-state index contributed by atoms with van der Waals surface area (Å²) >= 11 is 1.56. The fraction of sp³-hybridized carbons (Fsp3) is 0.360. The molecule has 6 heteroatoms. The van der Waals surface area contributed by atoms with Crippen LogP contribution < -0.4 is 5.32 Å². The number of carbonyl (C=O) groups excluding carboxylic acids is 1. The average molecular weight is 436 g/mol. The van der Waals surface area contributed by atoms with Crippen LogP contribution in [0.3, 0.4) is 0 Å². The van der Waals surface area contributed by atoms with Gasteiger partial charge in [0.05, 0.1) is 11.4 Å². The summed E-state index contributed by atoms with van der Waals surface area (Å²) in [5.74, 6) is 1.80. The number of hydrogen-bond donors (Lipinski definition) is 1. The Kier molecular flexibility index (Phi) is 7.80.